The lowest BCUT2D eigenvalue weighted by molar-refractivity contribution is 0.263. The molecule has 4 heteroatoms. The van der Waals surface area contributed by atoms with Crippen LogP contribution in [-0.4, -0.2) is 42.6 Å². The largest absolute Gasteiger partial charge is 0.354 e. The maximum absolute atomic E-state index is 8.95. The average molecular weight is 290 g/mol. The molecule has 0 unspecified atom stereocenters. The van der Waals surface area contributed by atoms with Crippen molar-refractivity contribution in [1.29, 1.82) is 5.26 Å². The van der Waals surface area contributed by atoms with Gasteiger partial charge in [0.1, 0.15) is 5.82 Å². The number of terminal acetylenes is 1. The zero-order valence-corrected chi connectivity index (χ0v) is 12.5. The summed E-state index contributed by atoms with van der Waals surface area (Å²) in [6.07, 6.45) is 6.14. The lowest BCUT2D eigenvalue weighted by Gasteiger charge is -2.35. The normalized spacial score (nSPS) is 15.5. The van der Waals surface area contributed by atoms with Crippen LogP contribution in [0.1, 0.15) is 12.0 Å². The van der Waals surface area contributed by atoms with Gasteiger partial charge in [-0.3, -0.25) is 4.90 Å². The lowest BCUT2D eigenvalue weighted by atomic mass is 10.1. The number of nitriles is 1. The smallest absolute Gasteiger partial charge is 0.129 e. The minimum Gasteiger partial charge on any atom is -0.354 e. The first-order valence-corrected chi connectivity index (χ1v) is 7.52. The first-order valence-electron chi connectivity index (χ1n) is 7.52. The molecule has 1 aliphatic rings. The van der Waals surface area contributed by atoms with Crippen molar-refractivity contribution < 1.29 is 0 Å². The first kappa shape index (κ1) is 14.4. The zero-order chi connectivity index (χ0) is 15.4. The van der Waals surface area contributed by atoms with Gasteiger partial charge in [-0.1, -0.05) is 0 Å². The number of fused-ring (bicyclic) bond motifs is 1. The molecule has 1 aromatic carbocycles. The van der Waals surface area contributed by atoms with E-state index in [2.05, 4.69) is 21.8 Å². The van der Waals surface area contributed by atoms with Crippen molar-refractivity contribution in [3.63, 3.8) is 0 Å². The van der Waals surface area contributed by atoms with Crippen molar-refractivity contribution in [1.82, 2.24) is 9.88 Å². The second-order valence-electron chi connectivity index (χ2n) is 5.47. The monoisotopic (exact) mass is 290 g/mol. The second kappa shape index (κ2) is 6.47. The fraction of sp³-hybridized carbons (Fsp3) is 0.333. The predicted molar refractivity (Wildman–Crippen MR) is 88.6 cm³/mol. The summed E-state index contributed by atoms with van der Waals surface area (Å²) in [7, 11) is 0. The predicted octanol–water partition coefficient (Wildman–Crippen LogP) is 2.25. The van der Waals surface area contributed by atoms with Gasteiger partial charge in [0, 0.05) is 44.5 Å². The van der Waals surface area contributed by atoms with E-state index in [-0.39, 0.29) is 0 Å². The number of hydrogen-bond donors (Lipinski definition) is 0. The number of rotatable bonds is 3. The number of nitrogens with zero attached hydrogens (tertiary/aromatic N) is 4. The van der Waals surface area contributed by atoms with Gasteiger partial charge in [-0.05, 0) is 30.3 Å². The summed E-state index contributed by atoms with van der Waals surface area (Å²) >= 11 is 0. The van der Waals surface area contributed by atoms with Crippen LogP contribution in [0.25, 0.3) is 10.9 Å². The van der Waals surface area contributed by atoms with Crippen molar-refractivity contribution in [2.45, 2.75) is 6.42 Å². The van der Waals surface area contributed by atoms with Gasteiger partial charge in [0.25, 0.3) is 0 Å². The Morgan fingerprint density at radius 2 is 1.95 bits per heavy atom. The van der Waals surface area contributed by atoms with Crippen LogP contribution in [0.5, 0.6) is 0 Å². The number of pyridine rings is 1. The number of piperazine rings is 1. The molecule has 0 spiro atoms. The molecule has 0 amide bonds. The molecule has 110 valence electrons. The molecule has 0 N–H and O–H groups in total. The van der Waals surface area contributed by atoms with E-state index < -0.39 is 0 Å². The number of anilines is 1. The summed E-state index contributed by atoms with van der Waals surface area (Å²) in [6, 6.07) is 11.9. The van der Waals surface area contributed by atoms with Gasteiger partial charge in [-0.15, -0.1) is 12.3 Å². The fourth-order valence-corrected chi connectivity index (χ4v) is 2.78. The molecule has 0 radical (unpaired) electrons. The van der Waals surface area contributed by atoms with Gasteiger partial charge in [-0.2, -0.15) is 5.26 Å². The third-order valence-corrected chi connectivity index (χ3v) is 4.07. The highest BCUT2D eigenvalue weighted by molar-refractivity contribution is 5.81. The van der Waals surface area contributed by atoms with Crippen LogP contribution in [0.4, 0.5) is 5.82 Å². The van der Waals surface area contributed by atoms with Crippen LogP contribution < -0.4 is 4.90 Å². The summed E-state index contributed by atoms with van der Waals surface area (Å²) in [5, 5.41) is 9.96. The number of benzene rings is 1. The van der Waals surface area contributed by atoms with Gasteiger partial charge in [0.2, 0.25) is 0 Å². The third-order valence-electron chi connectivity index (χ3n) is 4.07. The number of aromatic nitrogens is 1. The Morgan fingerprint density at radius 3 is 2.68 bits per heavy atom. The molecular weight excluding hydrogens is 272 g/mol. The van der Waals surface area contributed by atoms with Crippen LogP contribution >= 0.6 is 0 Å². The summed E-state index contributed by atoms with van der Waals surface area (Å²) in [5.74, 6) is 3.70. The molecule has 0 saturated carbocycles. The van der Waals surface area contributed by atoms with E-state index in [4.69, 9.17) is 16.7 Å². The van der Waals surface area contributed by atoms with Crippen molar-refractivity contribution in [2.24, 2.45) is 0 Å². The topological polar surface area (TPSA) is 43.2 Å². The van der Waals surface area contributed by atoms with Crippen LogP contribution in [0.3, 0.4) is 0 Å². The molecule has 3 rings (SSSR count). The molecular formula is C18H18N4. The van der Waals surface area contributed by atoms with Gasteiger partial charge in [-0.25, -0.2) is 4.98 Å². The molecule has 2 heterocycles. The Labute approximate surface area is 131 Å². The van der Waals surface area contributed by atoms with E-state index in [1.54, 1.807) is 0 Å². The molecule has 1 aromatic heterocycles. The minimum atomic E-state index is 0.671. The molecule has 0 atom stereocenters. The van der Waals surface area contributed by atoms with Crippen LogP contribution in [0.15, 0.2) is 30.3 Å². The van der Waals surface area contributed by atoms with Crippen molar-refractivity contribution >= 4 is 16.7 Å². The average Bonchev–Trinajstić information content (AvgIpc) is 2.59. The van der Waals surface area contributed by atoms with Gasteiger partial charge in [0.15, 0.2) is 0 Å². The van der Waals surface area contributed by atoms with E-state index in [1.165, 1.54) is 0 Å². The molecule has 4 nitrogen and oxygen atoms in total. The third kappa shape index (κ3) is 3.03. The molecule has 22 heavy (non-hydrogen) atoms. The lowest BCUT2D eigenvalue weighted by Crippen LogP contribution is -2.46. The fourth-order valence-electron chi connectivity index (χ4n) is 2.78. The molecule has 1 saturated heterocycles. The summed E-state index contributed by atoms with van der Waals surface area (Å²) < 4.78 is 0. The second-order valence-corrected chi connectivity index (χ2v) is 5.47. The highest BCUT2D eigenvalue weighted by Gasteiger charge is 2.17. The van der Waals surface area contributed by atoms with E-state index >= 15 is 0 Å². The summed E-state index contributed by atoms with van der Waals surface area (Å²) in [4.78, 5) is 9.44. The molecule has 1 aliphatic heterocycles. The highest BCUT2D eigenvalue weighted by atomic mass is 15.3. The van der Waals surface area contributed by atoms with E-state index in [9.17, 15) is 0 Å². The Morgan fingerprint density at radius 1 is 1.14 bits per heavy atom. The SMILES string of the molecule is C#CCCN1CCN(c2ccc3cc(C#N)ccc3n2)CC1. The van der Waals surface area contributed by atoms with Gasteiger partial charge >= 0.3 is 0 Å². The Bertz CT molecular complexity index is 746. The molecule has 2 aromatic rings. The number of hydrogen-bond acceptors (Lipinski definition) is 4. The Hall–Kier alpha value is -2.56. The van der Waals surface area contributed by atoms with Crippen molar-refractivity contribution in [3.05, 3.63) is 35.9 Å². The van der Waals surface area contributed by atoms with Crippen LogP contribution in [-0.2, 0) is 0 Å². The molecule has 0 aliphatic carbocycles. The van der Waals surface area contributed by atoms with Gasteiger partial charge < -0.3 is 4.90 Å². The van der Waals surface area contributed by atoms with Crippen LogP contribution in [0.2, 0.25) is 0 Å². The summed E-state index contributed by atoms with van der Waals surface area (Å²) in [5.41, 5.74) is 1.61. The summed E-state index contributed by atoms with van der Waals surface area (Å²) in [6.45, 7) is 4.97. The molecule has 0 bridgehead atoms. The standard InChI is InChI=1S/C18H18N4/c1-2-3-8-21-9-11-22(12-10-21)18-7-5-16-13-15(14-19)4-6-17(16)20-18/h1,4-7,13H,3,8-12H2. The quantitative estimate of drug-likeness (QED) is 0.813. The van der Waals surface area contributed by atoms with Crippen molar-refractivity contribution in [2.75, 3.05) is 37.6 Å². The van der Waals surface area contributed by atoms with E-state index in [0.717, 1.165) is 55.9 Å². The highest BCUT2D eigenvalue weighted by Crippen LogP contribution is 2.20. The van der Waals surface area contributed by atoms with Crippen molar-refractivity contribution in [3.8, 4) is 18.4 Å². The maximum atomic E-state index is 8.95. The van der Waals surface area contributed by atoms with E-state index in [1.807, 2.05) is 30.3 Å². The Kier molecular flexibility index (Phi) is 4.23. The van der Waals surface area contributed by atoms with Gasteiger partial charge in [0.05, 0.1) is 17.1 Å². The zero-order valence-electron chi connectivity index (χ0n) is 12.5. The first-order chi connectivity index (χ1) is 10.8. The Balaban J connectivity index is 1.72. The van der Waals surface area contributed by atoms with Crippen LogP contribution in [0, 0.1) is 23.7 Å². The van der Waals surface area contributed by atoms with E-state index in [0.29, 0.717) is 5.56 Å². The minimum absolute atomic E-state index is 0.671. The maximum Gasteiger partial charge on any atom is 0.129 e. The molecule has 1 fully saturated rings.